The Morgan fingerprint density at radius 1 is 1.21 bits per heavy atom. The van der Waals surface area contributed by atoms with E-state index in [1.165, 1.54) is 29.2 Å². The van der Waals surface area contributed by atoms with Gasteiger partial charge in [0.2, 0.25) is 5.91 Å². The summed E-state index contributed by atoms with van der Waals surface area (Å²) in [4.78, 5) is 23.9. The second-order valence-electron chi connectivity index (χ2n) is 5.72. The lowest BCUT2D eigenvalue weighted by molar-refractivity contribution is -0.384. The van der Waals surface area contributed by atoms with Gasteiger partial charge >= 0.3 is 0 Å². The minimum atomic E-state index is -0.495. The highest BCUT2D eigenvalue weighted by Gasteiger charge is 2.15. The van der Waals surface area contributed by atoms with Crippen LogP contribution in [-0.4, -0.2) is 33.8 Å². The molecule has 11 heteroatoms. The number of ether oxygens (including phenoxy) is 1. The highest BCUT2D eigenvalue weighted by Crippen LogP contribution is 2.22. The summed E-state index contributed by atoms with van der Waals surface area (Å²) >= 11 is 6.91. The third-order valence-electron chi connectivity index (χ3n) is 3.77. The Morgan fingerprint density at radius 3 is 2.55 bits per heavy atom. The van der Waals surface area contributed by atoms with Crippen molar-refractivity contribution in [3.05, 3.63) is 69.6 Å². The molecule has 0 fully saturated rings. The molecule has 0 unspecified atom stereocenters. The predicted molar refractivity (Wildman–Crippen MR) is 107 cm³/mol. The number of nitro groups is 1. The molecule has 0 aliphatic rings. The number of anilines is 1. The van der Waals surface area contributed by atoms with E-state index < -0.39 is 4.92 Å². The van der Waals surface area contributed by atoms with E-state index in [-0.39, 0.29) is 35.1 Å². The fraction of sp³-hybridized carbons (Fsp3) is 0.167. The SMILES string of the molecule is CN(C(=O)CSc1nnc(COc2ccc(Cl)cc2)o1)c1ccc([N+](=O)[O-])cc1. The predicted octanol–water partition coefficient (Wildman–Crippen LogP) is 3.97. The molecule has 1 heterocycles. The maximum absolute atomic E-state index is 12.3. The number of benzene rings is 2. The molecule has 150 valence electrons. The first kappa shape index (κ1) is 20.6. The maximum atomic E-state index is 12.3. The van der Waals surface area contributed by atoms with Gasteiger partial charge in [-0.25, -0.2) is 0 Å². The summed E-state index contributed by atoms with van der Waals surface area (Å²) in [7, 11) is 1.59. The molecule has 0 saturated heterocycles. The van der Waals surface area contributed by atoms with Crippen LogP contribution in [0.3, 0.4) is 0 Å². The lowest BCUT2D eigenvalue weighted by atomic mass is 10.2. The second-order valence-corrected chi connectivity index (χ2v) is 7.08. The van der Waals surface area contributed by atoms with E-state index in [0.29, 0.717) is 16.5 Å². The first-order valence-electron chi connectivity index (χ1n) is 8.27. The van der Waals surface area contributed by atoms with E-state index >= 15 is 0 Å². The van der Waals surface area contributed by atoms with Crippen molar-refractivity contribution in [1.82, 2.24) is 10.2 Å². The zero-order chi connectivity index (χ0) is 20.8. The molecule has 29 heavy (non-hydrogen) atoms. The molecule has 3 aromatic rings. The van der Waals surface area contributed by atoms with Gasteiger partial charge in [0.05, 0.1) is 10.7 Å². The fourth-order valence-corrected chi connectivity index (χ4v) is 3.01. The molecule has 2 aromatic carbocycles. The minimum absolute atomic E-state index is 0.0387. The number of hydrogen-bond acceptors (Lipinski definition) is 8. The van der Waals surface area contributed by atoms with Gasteiger partial charge in [-0.3, -0.25) is 14.9 Å². The lowest BCUT2D eigenvalue weighted by Gasteiger charge is -2.16. The standard InChI is InChI=1S/C18H15ClN4O5S/c1-22(13-4-6-14(7-5-13)23(25)26)17(24)11-29-18-21-20-16(28-18)10-27-15-8-2-12(19)3-9-15/h2-9H,10-11H2,1H3. The summed E-state index contributed by atoms with van der Waals surface area (Å²) in [5.41, 5.74) is 0.506. The number of non-ortho nitro benzene ring substituents is 1. The molecular formula is C18H15ClN4O5S. The number of aromatic nitrogens is 2. The van der Waals surface area contributed by atoms with E-state index in [1.807, 2.05) is 0 Å². The van der Waals surface area contributed by atoms with Crippen molar-refractivity contribution in [2.45, 2.75) is 11.8 Å². The monoisotopic (exact) mass is 434 g/mol. The third kappa shape index (κ3) is 5.69. The summed E-state index contributed by atoms with van der Waals surface area (Å²) in [6.07, 6.45) is 0. The van der Waals surface area contributed by atoms with Gasteiger partial charge in [0, 0.05) is 29.9 Å². The Labute approximate surface area is 174 Å². The smallest absolute Gasteiger partial charge is 0.277 e. The van der Waals surface area contributed by atoms with Crippen molar-refractivity contribution in [1.29, 1.82) is 0 Å². The Balaban J connectivity index is 1.49. The summed E-state index contributed by atoms with van der Waals surface area (Å²) in [5, 5.41) is 19.3. The molecule has 0 aliphatic carbocycles. The van der Waals surface area contributed by atoms with Gasteiger partial charge in [-0.1, -0.05) is 23.4 Å². The summed E-state index contributed by atoms with van der Waals surface area (Å²) in [5.74, 6) is 0.731. The van der Waals surface area contributed by atoms with Crippen molar-refractivity contribution in [3.63, 3.8) is 0 Å². The second kappa shape index (κ2) is 9.39. The fourth-order valence-electron chi connectivity index (χ4n) is 2.19. The Morgan fingerprint density at radius 2 is 1.90 bits per heavy atom. The molecule has 0 saturated carbocycles. The average molecular weight is 435 g/mol. The number of hydrogen-bond donors (Lipinski definition) is 0. The van der Waals surface area contributed by atoms with Crippen LogP contribution < -0.4 is 9.64 Å². The molecule has 0 aliphatic heterocycles. The lowest BCUT2D eigenvalue weighted by Crippen LogP contribution is -2.27. The van der Waals surface area contributed by atoms with Gasteiger partial charge in [-0.2, -0.15) is 0 Å². The largest absolute Gasteiger partial charge is 0.484 e. The molecular weight excluding hydrogens is 420 g/mol. The maximum Gasteiger partial charge on any atom is 0.277 e. The van der Waals surface area contributed by atoms with Crippen LogP contribution in [0.4, 0.5) is 11.4 Å². The number of carbonyl (C=O) groups excluding carboxylic acids is 1. The molecule has 0 N–H and O–H groups in total. The van der Waals surface area contributed by atoms with Gasteiger partial charge in [0.15, 0.2) is 6.61 Å². The first-order valence-corrected chi connectivity index (χ1v) is 9.63. The average Bonchev–Trinajstić information content (AvgIpc) is 3.19. The number of rotatable bonds is 8. The van der Waals surface area contributed by atoms with E-state index in [2.05, 4.69) is 10.2 Å². The van der Waals surface area contributed by atoms with Crippen LogP contribution in [0.15, 0.2) is 58.2 Å². The van der Waals surface area contributed by atoms with E-state index in [0.717, 1.165) is 11.8 Å². The number of thioether (sulfide) groups is 1. The van der Waals surface area contributed by atoms with Crippen molar-refractivity contribution in [3.8, 4) is 5.75 Å². The molecule has 1 aromatic heterocycles. The molecule has 0 spiro atoms. The molecule has 0 bridgehead atoms. The number of halogens is 1. The van der Waals surface area contributed by atoms with Crippen LogP contribution in [0.2, 0.25) is 5.02 Å². The van der Waals surface area contributed by atoms with Crippen LogP contribution in [-0.2, 0) is 11.4 Å². The molecule has 0 atom stereocenters. The number of amides is 1. The number of nitrogens with zero attached hydrogens (tertiary/aromatic N) is 4. The van der Waals surface area contributed by atoms with Crippen molar-refractivity contribution >= 4 is 40.6 Å². The summed E-state index contributed by atoms with van der Waals surface area (Å²) in [6.45, 7) is 0.0891. The zero-order valence-electron chi connectivity index (χ0n) is 15.1. The Bertz CT molecular complexity index is 994. The summed E-state index contributed by atoms with van der Waals surface area (Å²) in [6, 6.07) is 12.6. The van der Waals surface area contributed by atoms with Crippen LogP contribution in [0, 0.1) is 10.1 Å². The minimum Gasteiger partial charge on any atom is -0.484 e. The van der Waals surface area contributed by atoms with E-state index in [1.54, 1.807) is 31.3 Å². The quantitative estimate of drug-likeness (QED) is 0.297. The van der Waals surface area contributed by atoms with Gasteiger partial charge in [0.1, 0.15) is 5.75 Å². The normalized spacial score (nSPS) is 10.6. The topological polar surface area (TPSA) is 112 Å². The summed E-state index contributed by atoms with van der Waals surface area (Å²) < 4.78 is 11.0. The molecule has 0 radical (unpaired) electrons. The van der Waals surface area contributed by atoms with Crippen molar-refractivity contribution in [2.75, 3.05) is 17.7 Å². The third-order valence-corrected chi connectivity index (χ3v) is 4.82. The molecule has 9 nitrogen and oxygen atoms in total. The Hall–Kier alpha value is -3.11. The highest BCUT2D eigenvalue weighted by atomic mass is 35.5. The van der Waals surface area contributed by atoms with E-state index in [4.69, 9.17) is 20.8 Å². The van der Waals surface area contributed by atoms with Crippen molar-refractivity contribution < 1.29 is 18.9 Å². The van der Waals surface area contributed by atoms with Crippen LogP contribution in [0.1, 0.15) is 5.89 Å². The van der Waals surface area contributed by atoms with Gasteiger partial charge < -0.3 is 14.1 Å². The van der Waals surface area contributed by atoms with Gasteiger partial charge in [-0.05, 0) is 36.4 Å². The highest BCUT2D eigenvalue weighted by molar-refractivity contribution is 7.99. The van der Waals surface area contributed by atoms with Crippen LogP contribution in [0.25, 0.3) is 0 Å². The first-order chi connectivity index (χ1) is 13.9. The van der Waals surface area contributed by atoms with E-state index in [9.17, 15) is 14.9 Å². The Kier molecular flexibility index (Phi) is 6.68. The molecule has 1 amide bonds. The van der Waals surface area contributed by atoms with Crippen LogP contribution in [0.5, 0.6) is 5.75 Å². The van der Waals surface area contributed by atoms with Gasteiger partial charge in [-0.15, -0.1) is 10.2 Å². The van der Waals surface area contributed by atoms with Gasteiger partial charge in [0.25, 0.3) is 16.8 Å². The number of nitro benzene ring substituents is 1. The molecule has 3 rings (SSSR count). The number of carbonyl (C=O) groups is 1. The zero-order valence-corrected chi connectivity index (χ0v) is 16.7. The van der Waals surface area contributed by atoms with Crippen LogP contribution >= 0.6 is 23.4 Å². The van der Waals surface area contributed by atoms with Crippen molar-refractivity contribution in [2.24, 2.45) is 0 Å².